The predicted molar refractivity (Wildman–Crippen MR) is 59.8 cm³/mol. The number of aromatic nitrogens is 2. The van der Waals surface area contributed by atoms with Crippen molar-refractivity contribution in [3.63, 3.8) is 0 Å². The van der Waals surface area contributed by atoms with E-state index in [4.69, 9.17) is 0 Å². The Balaban J connectivity index is 2.23. The Hall–Kier alpha value is -2.63. The van der Waals surface area contributed by atoms with Crippen molar-refractivity contribution in [3.8, 4) is 11.5 Å². The van der Waals surface area contributed by atoms with E-state index in [0.29, 0.717) is 5.69 Å². The van der Waals surface area contributed by atoms with Gasteiger partial charge in [-0.15, -0.1) is 0 Å². The van der Waals surface area contributed by atoms with Crippen LogP contribution >= 0.6 is 0 Å². The van der Waals surface area contributed by atoms with Gasteiger partial charge in [-0.05, 0) is 18.2 Å². The number of rotatable bonds is 2. The van der Waals surface area contributed by atoms with Crippen LogP contribution in [0.5, 0.6) is 11.5 Å². The van der Waals surface area contributed by atoms with Crippen molar-refractivity contribution in [1.29, 1.82) is 0 Å². The number of aromatic hydroxyl groups is 2. The summed E-state index contributed by atoms with van der Waals surface area (Å²) in [5, 5.41) is 21.2. The normalized spacial score (nSPS) is 9.88. The maximum absolute atomic E-state index is 11.7. The fourth-order valence-corrected chi connectivity index (χ4v) is 1.27. The molecule has 1 heterocycles. The van der Waals surface area contributed by atoms with Gasteiger partial charge < -0.3 is 15.5 Å². The summed E-state index contributed by atoms with van der Waals surface area (Å²) in [6, 6.07) is 3.71. The lowest BCUT2D eigenvalue weighted by atomic mass is 10.1. The van der Waals surface area contributed by atoms with Gasteiger partial charge in [0.25, 0.3) is 5.91 Å². The van der Waals surface area contributed by atoms with Gasteiger partial charge in [-0.3, -0.25) is 4.79 Å². The van der Waals surface area contributed by atoms with Crippen molar-refractivity contribution in [3.05, 3.63) is 42.5 Å². The van der Waals surface area contributed by atoms with Crippen LogP contribution in [0, 0.1) is 0 Å². The summed E-state index contributed by atoms with van der Waals surface area (Å²) < 4.78 is 0. The van der Waals surface area contributed by atoms with Gasteiger partial charge in [0.1, 0.15) is 17.8 Å². The molecule has 0 unspecified atom stereocenters. The Kier molecular flexibility index (Phi) is 2.87. The molecule has 0 fully saturated rings. The number of nitrogens with zero attached hydrogens (tertiary/aromatic N) is 2. The average Bonchev–Trinajstić information content (AvgIpc) is 2.33. The zero-order valence-corrected chi connectivity index (χ0v) is 8.66. The summed E-state index contributed by atoms with van der Waals surface area (Å²) in [5.41, 5.74) is 0.383. The number of carbonyl (C=O) groups excluding carboxylic acids is 1. The number of carbonyl (C=O) groups is 1. The molecule has 6 heteroatoms. The number of hydrogen-bond donors (Lipinski definition) is 3. The highest BCUT2D eigenvalue weighted by molar-refractivity contribution is 6.06. The van der Waals surface area contributed by atoms with Crippen LogP contribution in [0.25, 0.3) is 0 Å². The van der Waals surface area contributed by atoms with Crippen LogP contribution in [0.3, 0.4) is 0 Å². The Morgan fingerprint density at radius 2 is 1.88 bits per heavy atom. The minimum absolute atomic E-state index is 0.0196. The van der Waals surface area contributed by atoms with Crippen molar-refractivity contribution in [2.45, 2.75) is 0 Å². The van der Waals surface area contributed by atoms with Gasteiger partial charge >= 0.3 is 0 Å². The first-order valence-corrected chi connectivity index (χ1v) is 4.75. The second-order valence-electron chi connectivity index (χ2n) is 3.28. The number of anilines is 1. The average molecular weight is 231 g/mol. The molecule has 6 nitrogen and oxygen atoms in total. The molecule has 0 saturated heterocycles. The largest absolute Gasteiger partial charge is 0.508 e. The van der Waals surface area contributed by atoms with Crippen molar-refractivity contribution < 1.29 is 15.0 Å². The minimum atomic E-state index is -0.548. The summed E-state index contributed by atoms with van der Waals surface area (Å²) >= 11 is 0. The first-order chi connectivity index (χ1) is 8.16. The molecular formula is C11H9N3O3. The van der Waals surface area contributed by atoms with E-state index in [0.717, 1.165) is 0 Å². The first kappa shape index (κ1) is 10.9. The van der Waals surface area contributed by atoms with Crippen LogP contribution in [0.4, 0.5) is 5.69 Å². The Morgan fingerprint density at radius 1 is 1.18 bits per heavy atom. The number of benzene rings is 1. The molecule has 1 amide bonds. The maximum Gasteiger partial charge on any atom is 0.259 e. The third-order valence-electron chi connectivity index (χ3n) is 2.04. The van der Waals surface area contributed by atoms with Gasteiger partial charge in [0.05, 0.1) is 23.6 Å². The summed E-state index contributed by atoms with van der Waals surface area (Å²) in [6.07, 6.45) is 4.18. The van der Waals surface area contributed by atoms with Gasteiger partial charge in [-0.25, -0.2) is 9.97 Å². The van der Waals surface area contributed by atoms with Gasteiger partial charge in [0.2, 0.25) is 0 Å². The van der Waals surface area contributed by atoms with E-state index in [1.54, 1.807) is 0 Å². The van der Waals surface area contributed by atoms with Crippen LogP contribution in [0.2, 0.25) is 0 Å². The lowest BCUT2D eigenvalue weighted by Gasteiger charge is -2.06. The number of phenolic OH excluding ortho intramolecular Hbond substituents is 2. The number of amides is 1. The molecule has 0 aliphatic heterocycles. The number of nitrogens with one attached hydrogen (secondary N) is 1. The molecule has 0 aliphatic rings. The highest BCUT2D eigenvalue weighted by Gasteiger charge is 2.12. The monoisotopic (exact) mass is 231 g/mol. The molecule has 1 aromatic carbocycles. The summed E-state index contributed by atoms with van der Waals surface area (Å²) in [4.78, 5) is 19.2. The van der Waals surface area contributed by atoms with Crippen molar-refractivity contribution in [2.24, 2.45) is 0 Å². The minimum Gasteiger partial charge on any atom is -0.508 e. The summed E-state index contributed by atoms with van der Waals surface area (Å²) in [5.74, 6) is -0.859. The number of phenols is 2. The third kappa shape index (κ3) is 2.49. The zero-order valence-electron chi connectivity index (χ0n) is 8.66. The molecule has 2 rings (SSSR count). The fourth-order valence-electron chi connectivity index (χ4n) is 1.27. The van der Waals surface area contributed by atoms with Gasteiger partial charge in [0.15, 0.2) is 0 Å². The zero-order chi connectivity index (χ0) is 12.3. The molecule has 0 radical (unpaired) electrons. The van der Waals surface area contributed by atoms with Crippen LogP contribution < -0.4 is 5.32 Å². The molecule has 3 N–H and O–H groups in total. The molecule has 17 heavy (non-hydrogen) atoms. The van der Waals surface area contributed by atoms with E-state index >= 15 is 0 Å². The van der Waals surface area contributed by atoms with E-state index in [1.807, 2.05) is 0 Å². The Labute approximate surface area is 96.6 Å². The van der Waals surface area contributed by atoms with Crippen LogP contribution in [0.15, 0.2) is 36.9 Å². The van der Waals surface area contributed by atoms with Gasteiger partial charge in [-0.2, -0.15) is 0 Å². The molecule has 0 aliphatic carbocycles. The summed E-state index contributed by atoms with van der Waals surface area (Å²) in [6.45, 7) is 0. The molecule has 0 atom stereocenters. The molecule has 2 aromatic rings. The van der Waals surface area contributed by atoms with E-state index in [1.165, 1.54) is 36.9 Å². The van der Waals surface area contributed by atoms with Gasteiger partial charge in [-0.1, -0.05) is 0 Å². The maximum atomic E-state index is 11.7. The molecule has 0 bridgehead atoms. The number of hydrogen-bond acceptors (Lipinski definition) is 5. The van der Waals surface area contributed by atoms with Crippen molar-refractivity contribution in [1.82, 2.24) is 9.97 Å². The molecule has 1 aromatic heterocycles. The van der Waals surface area contributed by atoms with E-state index < -0.39 is 5.91 Å². The smallest absolute Gasteiger partial charge is 0.259 e. The molecule has 0 spiro atoms. The molecule has 86 valence electrons. The quantitative estimate of drug-likeness (QED) is 0.673. The topological polar surface area (TPSA) is 95.3 Å². The second-order valence-corrected chi connectivity index (χ2v) is 3.28. The van der Waals surface area contributed by atoms with E-state index in [-0.39, 0.29) is 17.1 Å². The lowest BCUT2D eigenvalue weighted by molar-refractivity contribution is 0.102. The third-order valence-corrected chi connectivity index (χ3v) is 2.04. The van der Waals surface area contributed by atoms with Crippen molar-refractivity contribution in [2.75, 3.05) is 5.32 Å². The summed E-state index contributed by atoms with van der Waals surface area (Å²) in [7, 11) is 0. The predicted octanol–water partition coefficient (Wildman–Crippen LogP) is 1.14. The Morgan fingerprint density at radius 3 is 2.59 bits per heavy atom. The van der Waals surface area contributed by atoms with Crippen LogP contribution in [-0.4, -0.2) is 26.1 Å². The van der Waals surface area contributed by atoms with E-state index in [2.05, 4.69) is 15.3 Å². The van der Waals surface area contributed by atoms with Crippen LogP contribution in [-0.2, 0) is 0 Å². The van der Waals surface area contributed by atoms with Crippen molar-refractivity contribution >= 4 is 11.6 Å². The highest BCUT2D eigenvalue weighted by Crippen LogP contribution is 2.22. The highest BCUT2D eigenvalue weighted by atomic mass is 16.3. The SMILES string of the molecule is O=C(Nc1cncnc1)c1cc(O)ccc1O. The first-order valence-electron chi connectivity index (χ1n) is 4.75. The molecule has 0 saturated carbocycles. The second kappa shape index (κ2) is 4.48. The Bertz CT molecular complexity index is 543. The fraction of sp³-hybridized carbons (Fsp3) is 0. The standard InChI is InChI=1S/C11H9N3O3/c15-8-1-2-10(16)9(3-8)11(17)14-7-4-12-6-13-5-7/h1-6,15-16H,(H,14,17). The lowest BCUT2D eigenvalue weighted by Crippen LogP contribution is -2.12. The van der Waals surface area contributed by atoms with Crippen LogP contribution in [0.1, 0.15) is 10.4 Å². The van der Waals surface area contributed by atoms with E-state index in [9.17, 15) is 15.0 Å². The van der Waals surface area contributed by atoms with Gasteiger partial charge in [0, 0.05) is 0 Å². The molecular weight excluding hydrogens is 222 g/mol.